The predicted octanol–water partition coefficient (Wildman–Crippen LogP) is 4.48. The topological polar surface area (TPSA) is 32.3 Å². The van der Waals surface area contributed by atoms with E-state index >= 15 is 0 Å². The van der Waals surface area contributed by atoms with Gasteiger partial charge in [0, 0.05) is 21.7 Å². The summed E-state index contributed by atoms with van der Waals surface area (Å²) in [4.78, 5) is 14.1. The van der Waals surface area contributed by atoms with Crippen molar-refractivity contribution >= 4 is 39.1 Å². The maximum Gasteiger partial charge on any atom is 0.238 e. The van der Waals surface area contributed by atoms with Crippen molar-refractivity contribution in [1.82, 2.24) is 4.90 Å². The number of benzene rings is 2. The molecular formula is C17H18BrClN2O. The Morgan fingerprint density at radius 3 is 2.68 bits per heavy atom. The molecule has 0 heterocycles. The smallest absolute Gasteiger partial charge is 0.238 e. The lowest BCUT2D eigenvalue weighted by atomic mass is 10.2. The van der Waals surface area contributed by atoms with Crippen LogP contribution in [0.4, 0.5) is 5.69 Å². The zero-order valence-electron chi connectivity index (χ0n) is 12.6. The Morgan fingerprint density at radius 1 is 1.23 bits per heavy atom. The molecule has 116 valence electrons. The van der Waals surface area contributed by atoms with E-state index in [9.17, 15) is 4.79 Å². The van der Waals surface area contributed by atoms with Gasteiger partial charge in [0.1, 0.15) is 0 Å². The predicted molar refractivity (Wildman–Crippen MR) is 95.3 cm³/mol. The molecule has 0 aliphatic rings. The average molecular weight is 382 g/mol. The van der Waals surface area contributed by atoms with Crippen molar-refractivity contribution in [3.05, 3.63) is 63.1 Å². The summed E-state index contributed by atoms with van der Waals surface area (Å²) in [6.07, 6.45) is 0. The molecule has 0 aromatic heterocycles. The molecule has 0 atom stereocenters. The maximum atomic E-state index is 12.2. The third-order valence-electron chi connectivity index (χ3n) is 3.35. The molecule has 2 rings (SSSR count). The van der Waals surface area contributed by atoms with Crippen LogP contribution in [0.2, 0.25) is 5.02 Å². The first-order valence-corrected chi connectivity index (χ1v) is 8.11. The van der Waals surface area contributed by atoms with Crippen molar-refractivity contribution in [2.75, 3.05) is 18.9 Å². The molecule has 0 fully saturated rings. The molecule has 0 aliphatic heterocycles. The second-order valence-electron chi connectivity index (χ2n) is 5.22. The number of nitrogens with zero attached hydrogens (tertiary/aromatic N) is 1. The van der Waals surface area contributed by atoms with Crippen LogP contribution in [0.1, 0.15) is 11.1 Å². The minimum atomic E-state index is -0.0556. The van der Waals surface area contributed by atoms with Crippen molar-refractivity contribution in [1.29, 1.82) is 0 Å². The number of amides is 1. The molecule has 2 aromatic carbocycles. The summed E-state index contributed by atoms with van der Waals surface area (Å²) in [7, 11) is 1.92. The maximum absolute atomic E-state index is 12.2. The summed E-state index contributed by atoms with van der Waals surface area (Å²) < 4.78 is 1.05. The van der Waals surface area contributed by atoms with Gasteiger partial charge in [-0.1, -0.05) is 51.8 Å². The van der Waals surface area contributed by atoms with Crippen LogP contribution >= 0.6 is 27.5 Å². The largest absolute Gasteiger partial charge is 0.325 e. The summed E-state index contributed by atoms with van der Waals surface area (Å²) in [6.45, 7) is 2.90. The molecule has 5 heteroatoms. The lowest BCUT2D eigenvalue weighted by Gasteiger charge is -2.18. The fourth-order valence-electron chi connectivity index (χ4n) is 2.15. The molecule has 0 saturated heterocycles. The Kier molecular flexibility index (Phi) is 6.00. The molecule has 0 bridgehead atoms. The number of rotatable bonds is 5. The first-order chi connectivity index (χ1) is 10.5. The molecule has 0 radical (unpaired) electrons. The highest BCUT2D eigenvalue weighted by Gasteiger charge is 2.10. The van der Waals surface area contributed by atoms with E-state index in [1.54, 1.807) is 0 Å². The average Bonchev–Trinajstić information content (AvgIpc) is 2.46. The summed E-state index contributed by atoms with van der Waals surface area (Å²) in [5, 5.41) is 3.56. The molecule has 1 amide bonds. The second-order valence-corrected chi connectivity index (χ2v) is 6.49. The van der Waals surface area contributed by atoms with E-state index in [-0.39, 0.29) is 5.91 Å². The van der Waals surface area contributed by atoms with Crippen LogP contribution in [0, 0.1) is 6.92 Å². The monoisotopic (exact) mass is 380 g/mol. The summed E-state index contributed by atoms with van der Waals surface area (Å²) >= 11 is 9.58. The summed E-state index contributed by atoms with van der Waals surface area (Å²) in [6, 6.07) is 13.5. The van der Waals surface area contributed by atoms with Gasteiger partial charge in [-0.05, 0) is 43.3 Å². The van der Waals surface area contributed by atoms with Crippen LogP contribution in [-0.2, 0) is 11.3 Å². The van der Waals surface area contributed by atoms with Gasteiger partial charge in [-0.3, -0.25) is 9.69 Å². The fraction of sp³-hybridized carbons (Fsp3) is 0.235. The van der Waals surface area contributed by atoms with Crippen LogP contribution < -0.4 is 5.32 Å². The molecular weight excluding hydrogens is 364 g/mol. The molecule has 0 unspecified atom stereocenters. The number of halogens is 2. The van der Waals surface area contributed by atoms with Gasteiger partial charge in [0.25, 0.3) is 0 Å². The number of likely N-dealkylation sites (N-methyl/N-ethyl adjacent to an activating group) is 1. The normalized spacial score (nSPS) is 10.8. The third-order valence-corrected chi connectivity index (χ3v) is 4.54. The number of carbonyl (C=O) groups is 1. The lowest BCUT2D eigenvalue weighted by Crippen LogP contribution is -2.30. The number of nitrogens with one attached hydrogen (secondary N) is 1. The van der Waals surface area contributed by atoms with E-state index in [1.807, 2.05) is 61.3 Å². The van der Waals surface area contributed by atoms with Crippen LogP contribution in [0.25, 0.3) is 0 Å². The molecule has 0 spiro atoms. The second kappa shape index (κ2) is 7.77. The Morgan fingerprint density at radius 2 is 1.95 bits per heavy atom. The van der Waals surface area contributed by atoms with Gasteiger partial charge in [0.05, 0.1) is 6.54 Å². The number of carbonyl (C=O) groups excluding carboxylic acids is 1. The molecule has 0 saturated carbocycles. The first kappa shape index (κ1) is 17.0. The Bertz CT molecular complexity index is 675. The van der Waals surface area contributed by atoms with Crippen LogP contribution in [-0.4, -0.2) is 24.4 Å². The van der Waals surface area contributed by atoms with E-state index in [0.717, 1.165) is 21.3 Å². The molecule has 1 N–H and O–H groups in total. The third kappa shape index (κ3) is 4.57. The van der Waals surface area contributed by atoms with Gasteiger partial charge in [0.15, 0.2) is 0 Å². The van der Waals surface area contributed by atoms with E-state index in [1.165, 1.54) is 0 Å². The van der Waals surface area contributed by atoms with Crippen molar-refractivity contribution in [2.45, 2.75) is 13.5 Å². The van der Waals surface area contributed by atoms with Gasteiger partial charge in [-0.25, -0.2) is 0 Å². The Balaban J connectivity index is 1.94. The minimum absolute atomic E-state index is 0.0556. The number of hydrogen-bond donors (Lipinski definition) is 1. The summed E-state index contributed by atoms with van der Waals surface area (Å²) in [5.41, 5.74) is 2.79. The van der Waals surface area contributed by atoms with Gasteiger partial charge in [0.2, 0.25) is 5.91 Å². The number of hydrogen-bond acceptors (Lipinski definition) is 2. The standard InChI is InChI=1S/C17H18BrClN2O/c1-12-15(19)8-5-9-16(12)20-17(22)11-21(2)10-13-6-3-4-7-14(13)18/h3-9H,10-11H2,1-2H3,(H,20,22). The number of anilines is 1. The zero-order valence-corrected chi connectivity index (χ0v) is 14.9. The van der Waals surface area contributed by atoms with Gasteiger partial charge < -0.3 is 5.32 Å². The van der Waals surface area contributed by atoms with Gasteiger partial charge in [-0.15, -0.1) is 0 Å². The highest BCUT2D eigenvalue weighted by molar-refractivity contribution is 9.10. The Hall–Kier alpha value is -1.36. The molecule has 2 aromatic rings. The highest BCUT2D eigenvalue weighted by Crippen LogP contribution is 2.23. The lowest BCUT2D eigenvalue weighted by molar-refractivity contribution is -0.117. The highest BCUT2D eigenvalue weighted by atomic mass is 79.9. The molecule has 3 nitrogen and oxygen atoms in total. The molecule has 0 aliphatic carbocycles. The van der Waals surface area contributed by atoms with Gasteiger partial charge in [-0.2, -0.15) is 0 Å². The van der Waals surface area contributed by atoms with E-state index in [0.29, 0.717) is 18.1 Å². The zero-order chi connectivity index (χ0) is 16.1. The van der Waals surface area contributed by atoms with Crippen molar-refractivity contribution in [3.63, 3.8) is 0 Å². The minimum Gasteiger partial charge on any atom is -0.325 e. The first-order valence-electron chi connectivity index (χ1n) is 6.94. The van der Waals surface area contributed by atoms with E-state index in [2.05, 4.69) is 21.2 Å². The SMILES string of the molecule is Cc1c(Cl)cccc1NC(=O)CN(C)Cc1ccccc1Br. The molecule has 22 heavy (non-hydrogen) atoms. The van der Waals surface area contributed by atoms with E-state index in [4.69, 9.17) is 11.6 Å². The van der Waals surface area contributed by atoms with Crippen molar-refractivity contribution in [3.8, 4) is 0 Å². The van der Waals surface area contributed by atoms with Crippen LogP contribution in [0.15, 0.2) is 46.9 Å². The quantitative estimate of drug-likeness (QED) is 0.828. The Labute approximate surface area is 144 Å². The van der Waals surface area contributed by atoms with Crippen molar-refractivity contribution in [2.24, 2.45) is 0 Å². The van der Waals surface area contributed by atoms with Crippen LogP contribution in [0.3, 0.4) is 0 Å². The van der Waals surface area contributed by atoms with Crippen LogP contribution in [0.5, 0.6) is 0 Å². The van der Waals surface area contributed by atoms with Crippen molar-refractivity contribution < 1.29 is 4.79 Å². The van der Waals surface area contributed by atoms with Gasteiger partial charge >= 0.3 is 0 Å². The van der Waals surface area contributed by atoms with E-state index < -0.39 is 0 Å². The fourth-order valence-corrected chi connectivity index (χ4v) is 2.74. The summed E-state index contributed by atoms with van der Waals surface area (Å²) in [5.74, 6) is -0.0556.